The molecule has 0 amide bonds. The van der Waals surface area contributed by atoms with Gasteiger partial charge < -0.3 is 25.8 Å². The average molecular weight is 770 g/mol. The lowest BCUT2D eigenvalue weighted by molar-refractivity contribution is -0.0594. The molecule has 0 spiro atoms. The van der Waals surface area contributed by atoms with E-state index < -0.39 is 7.75 Å². The molecule has 3 saturated carbocycles. The molecule has 3 fully saturated rings. The van der Waals surface area contributed by atoms with Crippen LogP contribution in [-0.2, 0) is 18.6 Å². The van der Waals surface area contributed by atoms with Crippen molar-refractivity contribution in [2.45, 2.75) is 111 Å². The Morgan fingerprint density at radius 1 is 1.02 bits per heavy atom. The minimum Gasteiger partial charge on any atom is -0.458 e. The topological polar surface area (TPSA) is 171 Å². The summed E-state index contributed by atoms with van der Waals surface area (Å²) in [5, 5.41) is 2.42. The van der Waals surface area contributed by atoms with E-state index in [4.69, 9.17) is 25.5 Å². The lowest BCUT2D eigenvalue weighted by Gasteiger charge is -2.58. The number of rotatable bonds is 19. The third-order valence-electron chi connectivity index (χ3n) is 13.5. The van der Waals surface area contributed by atoms with Crippen molar-refractivity contribution in [2.75, 3.05) is 39.5 Å². The number of carbonyl (C=O) groups excluding carboxylic acids is 1. The zero-order valence-corrected chi connectivity index (χ0v) is 34.4. The number of benzene rings is 1. The highest BCUT2D eigenvalue weighted by molar-refractivity contribution is 7.50. The third-order valence-corrected chi connectivity index (χ3v) is 14.7. The lowest BCUT2D eigenvalue weighted by atomic mass is 9.47. The molecule has 4 aliphatic rings. The van der Waals surface area contributed by atoms with E-state index in [1.807, 2.05) is 12.1 Å². The first-order valence-corrected chi connectivity index (χ1v) is 22.2. The molecular formula is C42H68N5O6P. The van der Waals surface area contributed by atoms with Crippen LogP contribution in [0.1, 0.15) is 121 Å². The Morgan fingerprint density at radius 2 is 1.80 bits per heavy atom. The monoisotopic (exact) mass is 769 g/mol. The zero-order chi connectivity index (χ0) is 38.9. The van der Waals surface area contributed by atoms with E-state index in [1.54, 1.807) is 23.9 Å². The van der Waals surface area contributed by atoms with Crippen molar-refractivity contribution in [3.63, 3.8) is 0 Å². The van der Waals surface area contributed by atoms with Gasteiger partial charge in [0, 0.05) is 19.2 Å². The molecule has 0 aromatic heterocycles. The second-order valence-corrected chi connectivity index (χ2v) is 19.0. The van der Waals surface area contributed by atoms with Gasteiger partial charge in [0.1, 0.15) is 6.10 Å². The van der Waals surface area contributed by atoms with Crippen molar-refractivity contribution in [3.8, 4) is 0 Å². The van der Waals surface area contributed by atoms with Gasteiger partial charge in [0.2, 0.25) is 0 Å². The van der Waals surface area contributed by atoms with Gasteiger partial charge in [-0.15, -0.1) is 0 Å². The third kappa shape index (κ3) is 10.8. The first kappa shape index (κ1) is 42.6. The number of hydrogen-bond donors (Lipinski definition) is 4. The van der Waals surface area contributed by atoms with Crippen LogP contribution < -0.4 is 16.6 Å². The number of nitrogens with zero attached hydrogens (tertiary/aromatic N) is 2. The number of fused-ring (bicyclic) bond motifs is 5. The SMILES string of the molecule is CC(C)CCCC(C)C1CCC2C3CC=C4CC(OC(=O)c5ccc(C=NCCOCCNP(=O)(O)OCCN=C(N)N)cc5)CCC4(C)C3CCC12C. The molecule has 5 rings (SSSR count). The average Bonchev–Trinajstić information content (AvgIpc) is 3.48. The Hall–Kier alpha value is -2.56. The quantitative estimate of drug-likeness (QED) is 0.0275. The van der Waals surface area contributed by atoms with Crippen LogP contribution in [0.4, 0.5) is 0 Å². The van der Waals surface area contributed by atoms with Gasteiger partial charge in [-0.05, 0) is 109 Å². The highest BCUT2D eigenvalue weighted by Crippen LogP contribution is 2.67. The molecule has 12 heteroatoms. The molecule has 0 saturated heterocycles. The van der Waals surface area contributed by atoms with Crippen molar-refractivity contribution in [2.24, 2.45) is 67.8 Å². The smallest absolute Gasteiger partial charge is 0.403 e. The van der Waals surface area contributed by atoms with Crippen LogP contribution in [0, 0.1) is 46.3 Å². The van der Waals surface area contributed by atoms with Crippen LogP contribution in [-0.4, -0.2) is 68.6 Å². The summed E-state index contributed by atoms with van der Waals surface area (Å²) < 4.78 is 28.4. The number of allylic oxidation sites excluding steroid dienone is 1. The van der Waals surface area contributed by atoms with E-state index in [0.29, 0.717) is 24.1 Å². The number of aliphatic imine (C=N–C) groups is 2. The summed E-state index contributed by atoms with van der Waals surface area (Å²) in [6, 6.07) is 7.34. The second kappa shape index (κ2) is 19.1. The van der Waals surface area contributed by atoms with Gasteiger partial charge in [0.25, 0.3) is 0 Å². The number of ether oxygens (including phenoxy) is 2. The summed E-state index contributed by atoms with van der Waals surface area (Å²) in [7, 11) is -3.95. The van der Waals surface area contributed by atoms with Gasteiger partial charge in [0.05, 0.1) is 38.5 Å². The zero-order valence-electron chi connectivity index (χ0n) is 33.5. The van der Waals surface area contributed by atoms with Crippen LogP contribution in [0.5, 0.6) is 0 Å². The second-order valence-electron chi connectivity index (χ2n) is 17.4. The Morgan fingerprint density at radius 3 is 2.54 bits per heavy atom. The standard InChI is InChI=1S/C42H68N5O6P/c1-29(2)7-6-8-30(3)36-15-16-37-35-14-13-33-27-34(17-19-41(33,4)38(35)18-20-42(36,37)5)53-39(48)32-11-9-31(10-12-32)28-45-21-24-51-25-23-47-54(49,50)52-26-22-46-40(43)44/h9-13,28-30,34-38H,6-8,14-27H2,1-5H3,(H4,43,44,46)(H2,47,49,50). The molecule has 9 atom stereocenters. The summed E-state index contributed by atoms with van der Waals surface area (Å²) in [4.78, 5) is 31.0. The van der Waals surface area contributed by atoms with E-state index in [2.05, 4.69) is 55.8 Å². The van der Waals surface area contributed by atoms with Crippen LogP contribution >= 0.6 is 7.75 Å². The maximum Gasteiger partial charge on any atom is 0.403 e. The first-order chi connectivity index (χ1) is 25.7. The van der Waals surface area contributed by atoms with E-state index >= 15 is 0 Å². The molecule has 1 aromatic rings. The van der Waals surface area contributed by atoms with Gasteiger partial charge in [0.15, 0.2) is 5.96 Å². The molecule has 9 unspecified atom stereocenters. The molecule has 0 aliphatic heterocycles. The van der Waals surface area contributed by atoms with Crippen molar-refractivity contribution in [1.82, 2.24) is 5.09 Å². The molecule has 54 heavy (non-hydrogen) atoms. The fourth-order valence-electron chi connectivity index (χ4n) is 10.7. The Kier molecular flexibility index (Phi) is 15.0. The van der Waals surface area contributed by atoms with E-state index in [-0.39, 0.29) is 49.8 Å². The number of nitrogens with one attached hydrogen (secondary N) is 1. The molecule has 6 N–H and O–H groups in total. The molecule has 302 valence electrons. The lowest BCUT2D eigenvalue weighted by Crippen LogP contribution is -2.51. The van der Waals surface area contributed by atoms with E-state index in [9.17, 15) is 14.3 Å². The number of guanidine groups is 1. The number of nitrogens with two attached hydrogens (primary N) is 2. The summed E-state index contributed by atoms with van der Waals surface area (Å²) in [5.74, 6) is 4.53. The normalized spacial score (nSPS) is 30.9. The molecule has 0 heterocycles. The van der Waals surface area contributed by atoms with E-state index in [0.717, 1.165) is 60.3 Å². The minimum atomic E-state index is -3.95. The number of esters is 1. The molecule has 0 radical (unpaired) electrons. The number of carbonyl (C=O) groups is 1. The Bertz CT molecular complexity index is 1530. The highest BCUT2D eigenvalue weighted by Gasteiger charge is 2.59. The van der Waals surface area contributed by atoms with Crippen LogP contribution in [0.25, 0.3) is 0 Å². The summed E-state index contributed by atoms with van der Waals surface area (Å²) in [5.41, 5.74) is 14.1. The Labute approximate surface area is 324 Å². The predicted molar refractivity (Wildman–Crippen MR) is 216 cm³/mol. The van der Waals surface area contributed by atoms with Crippen molar-refractivity contribution < 1.29 is 28.3 Å². The molecule has 0 bridgehead atoms. The molecule has 1 aromatic carbocycles. The molecular weight excluding hydrogens is 701 g/mol. The van der Waals surface area contributed by atoms with Crippen LogP contribution in [0.15, 0.2) is 45.9 Å². The fraction of sp³-hybridized carbons (Fsp3) is 0.738. The maximum atomic E-state index is 13.2. The van der Waals surface area contributed by atoms with E-state index in [1.165, 1.54) is 51.4 Å². The summed E-state index contributed by atoms with van der Waals surface area (Å²) in [6.07, 6.45) is 18.0. The highest BCUT2D eigenvalue weighted by atomic mass is 31.2. The largest absolute Gasteiger partial charge is 0.458 e. The summed E-state index contributed by atoms with van der Waals surface area (Å²) in [6.45, 7) is 13.6. The summed E-state index contributed by atoms with van der Waals surface area (Å²) >= 11 is 0. The van der Waals surface area contributed by atoms with Gasteiger partial charge in [-0.2, -0.15) is 0 Å². The molecule has 4 aliphatic carbocycles. The maximum absolute atomic E-state index is 13.2. The van der Waals surface area contributed by atoms with Crippen molar-refractivity contribution >= 4 is 25.9 Å². The predicted octanol–water partition coefficient (Wildman–Crippen LogP) is 7.67. The molecule has 11 nitrogen and oxygen atoms in total. The van der Waals surface area contributed by atoms with Gasteiger partial charge >= 0.3 is 13.7 Å². The van der Waals surface area contributed by atoms with Gasteiger partial charge in [-0.25, -0.2) is 14.4 Å². The minimum absolute atomic E-state index is 0.0750. The Balaban J connectivity index is 1.03. The van der Waals surface area contributed by atoms with Crippen molar-refractivity contribution in [1.29, 1.82) is 0 Å². The first-order valence-electron chi connectivity index (χ1n) is 20.6. The fourth-order valence-corrected chi connectivity index (χ4v) is 11.5. The van der Waals surface area contributed by atoms with Crippen LogP contribution in [0.3, 0.4) is 0 Å². The van der Waals surface area contributed by atoms with Crippen molar-refractivity contribution in [3.05, 3.63) is 47.0 Å². The van der Waals surface area contributed by atoms with Gasteiger partial charge in [-0.1, -0.05) is 77.7 Å². The number of hydrogen-bond acceptors (Lipinski definition) is 7. The van der Waals surface area contributed by atoms with Crippen LogP contribution in [0.2, 0.25) is 0 Å². The van der Waals surface area contributed by atoms with Gasteiger partial charge in [-0.3, -0.25) is 14.5 Å².